The molecule has 1 N–H and O–H groups in total. The van der Waals surface area contributed by atoms with Gasteiger partial charge in [0.05, 0.1) is 23.6 Å². The second-order valence-corrected chi connectivity index (χ2v) is 7.91. The molecule has 1 aromatic carbocycles. The van der Waals surface area contributed by atoms with Crippen molar-refractivity contribution < 1.29 is 19.1 Å². The highest BCUT2D eigenvalue weighted by atomic mass is 16.5. The molecule has 5 rings (SSSR count). The maximum absolute atomic E-state index is 12.9. The lowest BCUT2D eigenvalue weighted by atomic mass is 9.85. The van der Waals surface area contributed by atoms with Gasteiger partial charge in [-0.15, -0.1) is 0 Å². The topological polar surface area (TPSA) is 75.7 Å². The molecule has 2 aliphatic heterocycles. The van der Waals surface area contributed by atoms with Crippen LogP contribution in [0.15, 0.2) is 36.4 Å². The van der Waals surface area contributed by atoms with E-state index in [1.54, 1.807) is 24.3 Å². The van der Waals surface area contributed by atoms with Gasteiger partial charge < -0.3 is 10.1 Å². The molecule has 5 atom stereocenters. The molecule has 0 unspecified atom stereocenters. The molecular formula is C21H22N2O4. The number of benzene rings is 1. The van der Waals surface area contributed by atoms with Gasteiger partial charge in [0.15, 0.2) is 0 Å². The van der Waals surface area contributed by atoms with Crippen molar-refractivity contribution in [2.45, 2.75) is 25.4 Å². The van der Waals surface area contributed by atoms with Crippen LogP contribution in [0.4, 0.5) is 5.69 Å². The van der Waals surface area contributed by atoms with Crippen LogP contribution in [0.1, 0.15) is 29.6 Å². The highest BCUT2D eigenvalue weighted by Gasteiger charge is 2.59. The number of fused-ring (bicyclic) bond motifs is 5. The first-order valence-corrected chi connectivity index (χ1v) is 9.69. The van der Waals surface area contributed by atoms with E-state index < -0.39 is 0 Å². The van der Waals surface area contributed by atoms with Gasteiger partial charge in [0.1, 0.15) is 0 Å². The predicted molar refractivity (Wildman–Crippen MR) is 98.0 cm³/mol. The molecule has 6 nitrogen and oxygen atoms in total. The molecule has 2 heterocycles. The summed E-state index contributed by atoms with van der Waals surface area (Å²) in [5.74, 6) is -0.571. The zero-order valence-corrected chi connectivity index (χ0v) is 15.0. The third-order valence-electron chi connectivity index (χ3n) is 6.35. The summed E-state index contributed by atoms with van der Waals surface area (Å²) in [6.45, 7) is 1.22. The summed E-state index contributed by atoms with van der Waals surface area (Å²) in [7, 11) is 0. The number of nitrogens with one attached hydrogen (secondary N) is 1. The molecule has 6 heteroatoms. The van der Waals surface area contributed by atoms with Crippen molar-refractivity contribution in [3.05, 3.63) is 42.0 Å². The first kappa shape index (κ1) is 16.7. The van der Waals surface area contributed by atoms with Crippen LogP contribution in [-0.4, -0.2) is 37.0 Å². The number of hydrogen-bond donors (Lipinski definition) is 1. The van der Waals surface area contributed by atoms with Crippen molar-refractivity contribution in [1.29, 1.82) is 0 Å². The second kappa shape index (κ2) is 6.30. The zero-order valence-electron chi connectivity index (χ0n) is 15.0. The van der Waals surface area contributed by atoms with E-state index in [1.807, 2.05) is 0 Å². The molecule has 27 heavy (non-hydrogen) atoms. The molecule has 2 aliphatic carbocycles. The first-order valence-electron chi connectivity index (χ1n) is 9.69. The third kappa shape index (κ3) is 2.62. The number of anilines is 1. The summed E-state index contributed by atoms with van der Waals surface area (Å²) in [5.41, 5.74) is 0.938. The first-order chi connectivity index (χ1) is 13.1. The van der Waals surface area contributed by atoms with Crippen LogP contribution in [0.2, 0.25) is 0 Å². The fourth-order valence-corrected chi connectivity index (χ4v) is 5.06. The molecule has 2 bridgehead atoms. The minimum Gasteiger partial charge on any atom is -0.376 e. The molecule has 3 fully saturated rings. The minimum absolute atomic E-state index is 0.0706. The lowest BCUT2D eigenvalue weighted by Gasteiger charge is -2.18. The molecule has 1 saturated carbocycles. The van der Waals surface area contributed by atoms with Crippen molar-refractivity contribution in [1.82, 2.24) is 5.32 Å². The second-order valence-electron chi connectivity index (χ2n) is 7.91. The normalized spacial score (nSPS) is 33.8. The molecule has 1 aromatic rings. The Morgan fingerprint density at radius 3 is 2.56 bits per heavy atom. The van der Waals surface area contributed by atoms with Crippen molar-refractivity contribution in [2.24, 2.45) is 23.7 Å². The molecule has 2 saturated heterocycles. The summed E-state index contributed by atoms with van der Waals surface area (Å²) in [6, 6.07) is 6.78. The number of rotatable bonds is 4. The van der Waals surface area contributed by atoms with Gasteiger partial charge in [-0.05, 0) is 49.3 Å². The van der Waals surface area contributed by atoms with Crippen molar-refractivity contribution in [2.75, 3.05) is 18.1 Å². The fraction of sp³-hybridized carbons (Fsp3) is 0.476. The average molecular weight is 366 g/mol. The SMILES string of the molecule is O=C(NC[C@H]1CCCO1)c1cccc(N2C(=O)[C@@H]3[C@@H](C2=O)[C@@H]2C=C[C@@H]3C2)c1. The number of carbonyl (C=O) groups excluding carboxylic acids is 3. The van der Waals surface area contributed by atoms with E-state index in [0.717, 1.165) is 25.9 Å². The Labute approximate surface area is 157 Å². The van der Waals surface area contributed by atoms with Gasteiger partial charge in [0.25, 0.3) is 5.91 Å². The number of ether oxygens (including phenoxy) is 1. The van der Waals surface area contributed by atoms with E-state index in [2.05, 4.69) is 17.5 Å². The Balaban J connectivity index is 1.34. The molecule has 0 aromatic heterocycles. The van der Waals surface area contributed by atoms with E-state index in [-0.39, 0.29) is 47.5 Å². The summed E-state index contributed by atoms with van der Waals surface area (Å²) >= 11 is 0. The van der Waals surface area contributed by atoms with E-state index in [0.29, 0.717) is 17.8 Å². The Kier molecular flexibility index (Phi) is 3.90. The Bertz CT molecular complexity index is 812. The lowest BCUT2D eigenvalue weighted by Crippen LogP contribution is -2.34. The number of carbonyl (C=O) groups is 3. The van der Waals surface area contributed by atoms with Crippen LogP contribution in [0.25, 0.3) is 0 Å². The van der Waals surface area contributed by atoms with Gasteiger partial charge in [-0.3, -0.25) is 14.4 Å². The maximum Gasteiger partial charge on any atom is 0.251 e. The highest BCUT2D eigenvalue weighted by molar-refractivity contribution is 6.23. The Morgan fingerprint density at radius 1 is 1.15 bits per heavy atom. The molecular weight excluding hydrogens is 344 g/mol. The highest BCUT2D eigenvalue weighted by Crippen LogP contribution is 2.53. The summed E-state index contributed by atoms with van der Waals surface area (Å²) in [6.07, 6.45) is 7.11. The third-order valence-corrected chi connectivity index (χ3v) is 6.35. The van der Waals surface area contributed by atoms with Gasteiger partial charge in [0.2, 0.25) is 11.8 Å². The van der Waals surface area contributed by atoms with Crippen LogP contribution in [0, 0.1) is 23.7 Å². The van der Waals surface area contributed by atoms with Crippen LogP contribution in [0.3, 0.4) is 0 Å². The van der Waals surface area contributed by atoms with Gasteiger partial charge in [-0.25, -0.2) is 4.90 Å². The molecule has 140 valence electrons. The zero-order chi connectivity index (χ0) is 18.5. The smallest absolute Gasteiger partial charge is 0.251 e. The van der Waals surface area contributed by atoms with Crippen molar-refractivity contribution >= 4 is 23.4 Å². The number of amides is 3. The van der Waals surface area contributed by atoms with Gasteiger partial charge in [-0.2, -0.15) is 0 Å². The molecule has 0 radical (unpaired) electrons. The largest absolute Gasteiger partial charge is 0.376 e. The van der Waals surface area contributed by atoms with Crippen LogP contribution < -0.4 is 10.2 Å². The van der Waals surface area contributed by atoms with E-state index in [4.69, 9.17) is 4.74 Å². The Morgan fingerprint density at radius 2 is 1.89 bits per heavy atom. The average Bonchev–Trinajstić information content (AvgIpc) is 3.45. The number of imide groups is 1. The van der Waals surface area contributed by atoms with E-state index >= 15 is 0 Å². The van der Waals surface area contributed by atoms with Crippen LogP contribution >= 0.6 is 0 Å². The molecule has 4 aliphatic rings. The maximum atomic E-state index is 12.9. The Hall–Kier alpha value is -2.47. The van der Waals surface area contributed by atoms with Gasteiger partial charge in [0, 0.05) is 18.7 Å². The van der Waals surface area contributed by atoms with Crippen molar-refractivity contribution in [3.63, 3.8) is 0 Å². The van der Waals surface area contributed by atoms with Crippen molar-refractivity contribution in [3.8, 4) is 0 Å². The molecule has 0 spiro atoms. The number of nitrogens with zero attached hydrogens (tertiary/aromatic N) is 1. The minimum atomic E-state index is -0.232. The number of allylic oxidation sites excluding steroid dienone is 2. The quantitative estimate of drug-likeness (QED) is 0.652. The summed E-state index contributed by atoms with van der Waals surface area (Å²) < 4.78 is 5.52. The standard InChI is InChI=1S/C21H22N2O4/c24-19(22-11-16-5-2-8-27-16)14-3-1-4-15(10-14)23-20(25)17-12-6-7-13(9-12)18(17)21(23)26/h1,3-4,6-7,10,12-13,16-18H,2,5,8-9,11H2,(H,22,24)/t12-,13-,16-,17+,18+/m1/s1. The van der Waals surface area contributed by atoms with Crippen LogP contribution in [0.5, 0.6) is 0 Å². The predicted octanol–water partition coefficient (Wildman–Crippen LogP) is 1.91. The van der Waals surface area contributed by atoms with Gasteiger partial charge in [-0.1, -0.05) is 18.2 Å². The van der Waals surface area contributed by atoms with E-state index in [1.165, 1.54) is 4.90 Å². The van der Waals surface area contributed by atoms with Gasteiger partial charge >= 0.3 is 0 Å². The monoisotopic (exact) mass is 366 g/mol. The lowest BCUT2D eigenvalue weighted by molar-refractivity contribution is -0.123. The fourth-order valence-electron chi connectivity index (χ4n) is 5.06. The molecule has 3 amide bonds. The van der Waals surface area contributed by atoms with Crippen LogP contribution in [-0.2, 0) is 14.3 Å². The number of hydrogen-bond acceptors (Lipinski definition) is 4. The summed E-state index contributed by atoms with van der Waals surface area (Å²) in [5, 5.41) is 2.88. The summed E-state index contributed by atoms with van der Waals surface area (Å²) in [4.78, 5) is 39.6. The van der Waals surface area contributed by atoms with E-state index in [9.17, 15) is 14.4 Å².